The maximum absolute atomic E-state index is 6.47. The molecule has 0 fully saturated rings. The summed E-state index contributed by atoms with van der Waals surface area (Å²) in [7, 11) is 0. The molecule has 0 aliphatic carbocycles. The van der Waals surface area contributed by atoms with E-state index in [1.165, 1.54) is 16.5 Å². The van der Waals surface area contributed by atoms with E-state index in [9.17, 15) is 0 Å². The lowest BCUT2D eigenvalue weighted by molar-refractivity contribution is 0.340. The van der Waals surface area contributed by atoms with Crippen molar-refractivity contribution < 1.29 is 9.47 Å². The maximum Gasteiger partial charge on any atom is 0.137 e. The number of hydrogen-bond donors (Lipinski definition) is 0. The van der Waals surface area contributed by atoms with Crippen molar-refractivity contribution >= 4 is 21.8 Å². The van der Waals surface area contributed by atoms with Crippen molar-refractivity contribution in [1.29, 1.82) is 0 Å². The molecule has 45 heavy (non-hydrogen) atoms. The van der Waals surface area contributed by atoms with Gasteiger partial charge in [0.25, 0.3) is 0 Å². The molecule has 4 aromatic carbocycles. The Morgan fingerprint density at radius 1 is 0.756 bits per heavy atom. The molecule has 3 aromatic heterocycles. The Morgan fingerprint density at radius 3 is 2.33 bits per heavy atom. The lowest BCUT2D eigenvalue weighted by Gasteiger charge is -2.12. The smallest absolute Gasteiger partial charge is 0.137 e. The lowest BCUT2D eigenvalue weighted by atomic mass is 9.98. The number of ether oxygens (including phenoxy) is 2. The number of fused-ring (bicyclic) bond motifs is 3. The summed E-state index contributed by atoms with van der Waals surface area (Å²) in [4.78, 5) is 4.78. The van der Waals surface area contributed by atoms with Crippen LogP contribution in [-0.4, -0.2) is 25.9 Å². The Labute approximate surface area is 263 Å². The predicted molar refractivity (Wildman–Crippen MR) is 182 cm³/mol. The number of para-hydroxylation sites is 1. The van der Waals surface area contributed by atoms with E-state index in [-0.39, 0.29) is 0 Å². The average Bonchev–Trinajstić information content (AvgIpc) is 3.64. The zero-order valence-corrected chi connectivity index (χ0v) is 26.3. The van der Waals surface area contributed by atoms with Crippen molar-refractivity contribution in [3.63, 3.8) is 0 Å². The second-order valence-corrected chi connectivity index (χ2v) is 11.8. The zero-order chi connectivity index (χ0) is 31.1. The molecule has 0 unspecified atom stereocenters. The molecule has 0 atom stereocenters. The fraction of sp³-hybridized carbons (Fsp3) is 0.179. The number of rotatable bonds is 8. The van der Waals surface area contributed by atoms with Crippen LogP contribution in [0.2, 0.25) is 0 Å². The molecule has 0 amide bonds. The average molecular weight is 593 g/mol. The first kappa shape index (κ1) is 28.4. The molecule has 0 radical (unpaired) electrons. The fourth-order valence-corrected chi connectivity index (χ4v) is 6.22. The van der Waals surface area contributed by atoms with Gasteiger partial charge < -0.3 is 9.47 Å². The Morgan fingerprint density at radius 2 is 1.53 bits per heavy atom. The van der Waals surface area contributed by atoms with Gasteiger partial charge in [-0.1, -0.05) is 38.1 Å². The molecular formula is C39H36N4O2. The van der Waals surface area contributed by atoms with E-state index >= 15 is 0 Å². The maximum atomic E-state index is 6.47. The number of aromatic nitrogens is 4. The summed E-state index contributed by atoms with van der Waals surface area (Å²) in [6.07, 6.45) is 5.88. The van der Waals surface area contributed by atoms with Crippen LogP contribution in [-0.2, 0) is 0 Å². The van der Waals surface area contributed by atoms with Gasteiger partial charge in [0.2, 0.25) is 0 Å². The van der Waals surface area contributed by atoms with Crippen LogP contribution in [0, 0.1) is 13.8 Å². The molecule has 6 nitrogen and oxygen atoms in total. The summed E-state index contributed by atoms with van der Waals surface area (Å²) in [6, 6.07) is 31.2. The van der Waals surface area contributed by atoms with Gasteiger partial charge in [-0.2, -0.15) is 5.10 Å². The Bertz CT molecular complexity index is 2150. The standard InChI is InChI=1S/C39H36N4O2/c1-6-44-33-18-26(4)39(27(5)19-33)29-23-41-42(24-29)30-10-9-11-31(21-30)45-32-14-15-35-34-12-7-8-13-36(34)43(37(35)22-32)38-20-28(25(2)3)16-17-40-38/h7-25H,6H2,1-5H3. The van der Waals surface area contributed by atoms with Crippen molar-refractivity contribution in [2.24, 2.45) is 0 Å². The summed E-state index contributed by atoms with van der Waals surface area (Å²) < 4.78 is 16.3. The molecule has 224 valence electrons. The molecule has 0 aliphatic rings. The van der Waals surface area contributed by atoms with Crippen LogP contribution in [0.15, 0.2) is 110 Å². The van der Waals surface area contributed by atoms with Gasteiger partial charge in [0, 0.05) is 40.9 Å². The van der Waals surface area contributed by atoms with E-state index < -0.39 is 0 Å². The van der Waals surface area contributed by atoms with E-state index in [4.69, 9.17) is 19.6 Å². The first-order valence-corrected chi connectivity index (χ1v) is 15.5. The van der Waals surface area contributed by atoms with Crippen molar-refractivity contribution in [3.8, 4) is 39.9 Å². The minimum atomic E-state index is 0.408. The van der Waals surface area contributed by atoms with E-state index in [0.29, 0.717) is 12.5 Å². The highest BCUT2D eigenvalue weighted by Gasteiger charge is 2.16. The van der Waals surface area contributed by atoms with E-state index in [1.807, 2.05) is 54.3 Å². The van der Waals surface area contributed by atoms with Crippen LogP contribution in [0.4, 0.5) is 0 Å². The zero-order valence-electron chi connectivity index (χ0n) is 26.3. The number of benzene rings is 4. The normalized spacial score (nSPS) is 11.5. The van der Waals surface area contributed by atoms with Crippen LogP contribution in [0.25, 0.3) is 44.4 Å². The fourth-order valence-electron chi connectivity index (χ4n) is 6.22. The Balaban J connectivity index is 1.23. The number of nitrogens with zero attached hydrogens (tertiary/aromatic N) is 4. The van der Waals surface area contributed by atoms with Gasteiger partial charge in [0.05, 0.1) is 29.5 Å². The first-order chi connectivity index (χ1) is 21.9. The molecule has 0 saturated heterocycles. The van der Waals surface area contributed by atoms with Crippen LogP contribution in [0.1, 0.15) is 43.4 Å². The summed E-state index contributed by atoms with van der Waals surface area (Å²) >= 11 is 0. The van der Waals surface area contributed by atoms with Crippen molar-refractivity contribution in [2.45, 2.75) is 40.5 Å². The van der Waals surface area contributed by atoms with Crippen molar-refractivity contribution in [3.05, 3.63) is 126 Å². The third-order valence-corrected chi connectivity index (χ3v) is 8.32. The summed E-state index contributed by atoms with van der Waals surface area (Å²) in [5.41, 5.74) is 8.91. The van der Waals surface area contributed by atoms with Gasteiger partial charge in [0.15, 0.2) is 0 Å². The third kappa shape index (κ3) is 5.33. The lowest BCUT2D eigenvalue weighted by Crippen LogP contribution is -1.99. The molecule has 0 aliphatic heterocycles. The van der Waals surface area contributed by atoms with Crippen LogP contribution >= 0.6 is 0 Å². The van der Waals surface area contributed by atoms with Gasteiger partial charge in [-0.05, 0) is 104 Å². The van der Waals surface area contributed by atoms with Gasteiger partial charge in [-0.3, -0.25) is 4.57 Å². The van der Waals surface area contributed by atoms with Gasteiger partial charge >= 0.3 is 0 Å². The number of aryl methyl sites for hydroxylation is 2. The highest BCUT2D eigenvalue weighted by atomic mass is 16.5. The molecule has 0 N–H and O–H groups in total. The second-order valence-electron chi connectivity index (χ2n) is 11.8. The van der Waals surface area contributed by atoms with E-state index in [2.05, 4.69) is 99.1 Å². The number of hydrogen-bond acceptors (Lipinski definition) is 4. The van der Waals surface area contributed by atoms with E-state index in [0.717, 1.165) is 61.9 Å². The number of pyridine rings is 1. The SMILES string of the molecule is CCOc1cc(C)c(-c2cnn(-c3cccc(Oc4ccc5c6ccccc6n(-c6cc(C(C)C)ccn6)c5c4)c3)c2)c(C)c1. The monoisotopic (exact) mass is 592 g/mol. The molecule has 6 heteroatoms. The van der Waals surface area contributed by atoms with Crippen LogP contribution < -0.4 is 9.47 Å². The summed E-state index contributed by atoms with van der Waals surface area (Å²) in [5.74, 6) is 3.70. The molecular weight excluding hydrogens is 556 g/mol. The Kier molecular flexibility index (Phi) is 7.34. The highest BCUT2D eigenvalue weighted by molar-refractivity contribution is 6.09. The van der Waals surface area contributed by atoms with Gasteiger partial charge in [0.1, 0.15) is 23.1 Å². The van der Waals surface area contributed by atoms with Gasteiger partial charge in [-0.15, -0.1) is 0 Å². The van der Waals surface area contributed by atoms with Crippen molar-refractivity contribution in [1.82, 2.24) is 19.3 Å². The Hall–Kier alpha value is -5.36. The van der Waals surface area contributed by atoms with Gasteiger partial charge in [-0.25, -0.2) is 9.67 Å². The quantitative estimate of drug-likeness (QED) is 0.176. The molecule has 7 aromatic rings. The first-order valence-electron chi connectivity index (χ1n) is 15.5. The molecule has 7 rings (SSSR count). The second kappa shape index (κ2) is 11.6. The van der Waals surface area contributed by atoms with Crippen LogP contribution in [0.5, 0.6) is 17.2 Å². The molecule has 0 spiro atoms. The van der Waals surface area contributed by atoms with Crippen LogP contribution in [0.3, 0.4) is 0 Å². The third-order valence-electron chi connectivity index (χ3n) is 8.32. The molecule has 0 saturated carbocycles. The van der Waals surface area contributed by atoms with E-state index in [1.54, 1.807) is 0 Å². The minimum Gasteiger partial charge on any atom is -0.494 e. The largest absolute Gasteiger partial charge is 0.494 e. The highest BCUT2D eigenvalue weighted by Crippen LogP contribution is 2.36. The molecule has 3 heterocycles. The van der Waals surface area contributed by atoms with Crippen molar-refractivity contribution in [2.75, 3.05) is 6.61 Å². The summed E-state index contributed by atoms with van der Waals surface area (Å²) in [6.45, 7) is 11.3. The topological polar surface area (TPSA) is 54.1 Å². The minimum absolute atomic E-state index is 0.408. The molecule has 0 bridgehead atoms. The predicted octanol–water partition coefficient (Wildman–Crippen LogP) is 9.96. The summed E-state index contributed by atoms with van der Waals surface area (Å²) in [5, 5.41) is 7.05.